The van der Waals surface area contributed by atoms with Crippen molar-refractivity contribution in [2.24, 2.45) is 0 Å². The molecule has 1 aliphatic rings. The van der Waals surface area contributed by atoms with Crippen molar-refractivity contribution in [1.29, 1.82) is 0 Å². The van der Waals surface area contributed by atoms with Crippen LogP contribution in [0.2, 0.25) is 5.02 Å². The molecule has 2 aromatic heterocycles. The molecule has 1 saturated heterocycles. The minimum absolute atomic E-state index is 0.0175. The molecule has 0 aromatic carbocycles. The summed E-state index contributed by atoms with van der Waals surface area (Å²) >= 11 is 7.09. The van der Waals surface area contributed by atoms with Crippen LogP contribution in [-0.4, -0.2) is 58.1 Å². The van der Waals surface area contributed by atoms with Crippen LogP contribution >= 0.6 is 22.9 Å². The van der Waals surface area contributed by atoms with E-state index in [-0.39, 0.29) is 24.7 Å². The molecule has 3 heterocycles. The summed E-state index contributed by atoms with van der Waals surface area (Å²) in [6.45, 7) is 2.64. The van der Waals surface area contributed by atoms with Crippen LogP contribution in [0.4, 0.5) is 10.9 Å². The van der Waals surface area contributed by atoms with E-state index >= 15 is 0 Å². The van der Waals surface area contributed by atoms with Gasteiger partial charge in [0.15, 0.2) is 0 Å². The van der Waals surface area contributed by atoms with Gasteiger partial charge in [0.05, 0.1) is 5.02 Å². The first kappa shape index (κ1) is 17.6. The molecular weight excluding hydrogens is 364 g/mol. The highest BCUT2D eigenvalue weighted by Crippen LogP contribution is 2.16. The lowest BCUT2D eigenvalue weighted by molar-refractivity contribution is -0.133. The minimum Gasteiger partial charge on any atom is -0.353 e. The van der Waals surface area contributed by atoms with E-state index in [4.69, 9.17) is 11.6 Å². The smallest absolute Gasteiger partial charge is 0.226 e. The highest BCUT2D eigenvalue weighted by Gasteiger charge is 2.22. The fourth-order valence-corrected chi connectivity index (χ4v) is 3.10. The number of anilines is 2. The molecule has 1 aliphatic heterocycles. The summed E-state index contributed by atoms with van der Waals surface area (Å²) in [7, 11) is 0. The van der Waals surface area contributed by atoms with Gasteiger partial charge in [0.2, 0.25) is 16.9 Å². The second-order valence-corrected chi connectivity index (χ2v) is 6.76. The second kappa shape index (κ2) is 8.21. The van der Waals surface area contributed by atoms with Gasteiger partial charge in [-0.15, -0.1) is 10.2 Å². The van der Waals surface area contributed by atoms with Gasteiger partial charge in [-0.3, -0.25) is 9.59 Å². The van der Waals surface area contributed by atoms with E-state index in [0.29, 0.717) is 36.3 Å². The van der Waals surface area contributed by atoms with Crippen molar-refractivity contribution in [2.75, 3.05) is 36.4 Å². The lowest BCUT2D eigenvalue weighted by atomic mass is 10.2. The van der Waals surface area contributed by atoms with Crippen LogP contribution in [0, 0.1) is 0 Å². The molecule has 2 amide bonds. The molecule has 8 nitrogen and oxygen atoms in total. The largest absolute Gasteiger partial charge is 0.353 e. The molecule has 10 heteroatoms. The molecule has 1 fully saturated rings. The third-order valence-corrected chi connectivity index (χ3v) is 4.67. The summed E-state index contributed by atoms with van der Waals surface area (Å²) in [4.78, 5) is 32.2. The highest BCUT2D eigenvalue weighted by molar-refractivity contribution is 7.13. The number of nitrogens with zero attached hydrogens (tertiary/aromatic N) is 5. The van der Waals surface area contributed by atoms with Gasteiger partial charge in [0.1, 0.15) is 11.3 Å². The Morgan fingerprint density at radius 1 is 1.20 bits per heavy atom. The first-order valence-corrected chi connectivity index (χ1v) is 9.08. The monoisotopic (exact) mass is 380 g/mol. The number of hydrogen-bond acceptors (Lipinski definition) is 7. The first-order valence-electron chi connectivity index (χ1n) is 7.82. The zero-order valence-electron chi connectivity index (χ0n) is 13.4. The van der Waals surface area contributed by atoms with Gasteiger partial charge in [-0.1, -0.05) is 22.9 Å². The van der Waals surface area contributed by atoms with Crippen molar-refractivity contribution in [3.63, 3.8) is 0 Å². The predicted molar refractivity (Wildman–Crippen MR) is 95.8 cm³/mol. The third-order valence-electron chi connectivity index (χ3n) is 3.84. The topological polar surface area (TPSA) is 91.3 Å². The summed E-state index contributed by atoms with van der Waals surface area (Å²) in [5.74, 6) is 0.609. The second-order valence-electron chi connectivity index (χ2n) is 5.49. The number of nitrogens with one attached hydrogen (secondary N) is 1. The van der Waals surface area contributed by atoms with Crippen LogP contribution in [-0.2, 0) is 9.59 Å². The van der Waals surface area contributed by atoms with Gasteiger partial charge >= 0.3 is 0 Å². The Hall–Kier alpha value is -2.26. The van der Waals surface area contributed by atoms with Gasteiger partial charge in [-0.05, 0) is 12.1 Å². The van der Waals surface area contributed by atoms with Gasteiger partial charge in [0.25, 0.3) is 0 Å². The molecule has 3 rings (SSSR count). The number of carbonyl (C=O) groups excluding carboxylic acids is 2. The Kier molecular flexibility index (Phi) is 5.77. The number of rotatable bonds is 5. The van der Waals surface area contributed by atoms with Gasteiger partial charge in [0, 0.05) is 45.2 Å². The minimum atomic E-state index is -0.228. The van der Waals surface area contributed by atoms with Crippen LogP contribution in [0.15, 0.2) is 23.8 Å². The number of aromatic nitrogens is 3. The molecule has 1 N–H and O–H groups in total. The zero-order valence-corrected chi connectivity index (χ0v) is 15.0. The molecule has 0 saturated carbocycles. The van der Waals surface area contributed by atoms with Crippen LogP contribution < -0.4 is 10.2 Å². The average molecular weight is 381 g/mol. The molecule has 0 unspecified atom stereocenters. The Morgan fingerprint density at radius 2 is 2.00 bits per heavy atom. The van der Waals surface area contributed by atoms with Crippen molar-refractivity contribution in [3.8, 4) is 0 Å². The summed E-state index contributed by atoms with van der Waals surface area (Å²) in [6.07, 6.45) is 1.94. The summed E-state index contributed by atoms with van der Waals surface area (Å²) in [6, 6.07) is 3.68. The van der Waals surface area contributed by atoms with E-state index in [1.54, 1.807) is 17.2 Å². The molecule has 0 aliphatic carbocycles. The SMILES string of the molecule is O=C(CCC(=O)N1CCN(c2ccc(Cl)cn2)CC1)Nc1nncs1. The molecule has 2 aromatic rings. The van der Waals surface area contributed by atoms with Gasteiger partial charge < -0.3 is 15.1 Å². The van der Waals surface area contributed by atoms with E-state index in [1.165, 1.54) is 16.8 Å². The van der Waals surface area contributed by atoms with Crippen LogP contribution in [0.1, 0.15) is 12.8 Å². The number of halogens is 1. The lowest BCUT2D eigenvalue weighted by Gasteiger charge is -2.35. The van der Waals surface area contributed by atoms with Crippen molar-refractivity contribution in [3.05, 3.63) is 28.9 Å². The normalized spacial score (nSPS) is 14.4. The van der Waals surface area contributed by atoms with Crippen molar-refractivity contribution >= 4 is 45.7 Å². The molecule has 0 atom stereocenters. The van der Waals surface area contributed by atoms with E-state index in [0.717, 1.165) is 5.82 Å². The Balaban J connectivity index is 1.42. The molecule has 0 bridgehead atoms. The third kappa shape index (κ3) is 4.86. The Labute approximate surface area is 153 Å². The van der Waals surface area contributed by atoms with E-state index in [1.807, 2.05) is 6.07 Å². The highest BCUT2D eigenvalue weighted by atomic mass is 35.5. The van der Waals surface area contributed by atoms with Crippen molar-refractivity contribution in [2.45, 2.75) is 12.8 Å². The number of hydrogen-bond donors (Lipinski definition) is 1. The maximum Gasteiger partial charge on any atom is 0.226 e. The standard InChI is InChI=1S/C15H17ClN6O2S/c16-11-1-2-12(17-9-11)21-5-7-22(8-6-21)14(24)4-3-13(23)19-15-20-18-10-25-15/h1-2,9-10H,3-8H2,(H,19,20,23). The molecular formula is C15H17ClN6O2S. The number of amides is 2. The zero-order chi connectivity index (χ0) is 17.6. The summed E-state index contributed by atoms with van der Waals surface area (Å²) in [5.41, 5.74) is 1.54. The van der Waals surface area contributed by atoms with Gasteiger partial charge in [-0.2, -0.15) is 0 Å². The average Bonchev–Trinajstić information content (AvgIpc) is 3.13. The molecule has 0 radical (unpaired) electrons. The van der Waals surface area contributed by atoms with Crippen LogP contribution in [0.3, 0.4) is 0 Å². The number of pyridine rings is 1. The van der Waals surface area contributed by atoms with E-state index < -0.39 is 0 Å². The molecule has 25 heavy (non-hydrogen) atoms. The lowest BCUT2D eigenvalue weighted by Crippen LogP contribution is -2.49. The summed E-state index contributed by atoms with van der Waals surface area (Å²) < 4.78 is 0. The van der Waals surface area contributed by atoms with Crippen LogP contribution in [0.25, 0.3) is 0 Å². The van der Waals surface area contributed by atoms with Crippen LogP contribution in [0.5, 0.6) is 0 Å². The maximum atomic E-state index is 12.3. The summed E-state index contributed by atoms with van der Waals surface area (Å²) in [5, 5.41) is 11.0. The maximum absolute atomic E-state index is 12.3. The van der Waals surface area contributed by atoms with Crippen molar-refractivity contribution < 1.29 is 9.59 Å². The Bertz CT molecular complexity index is 716. The molecule has 132 valence electrons. The number of carbonyl (C=O) groups is 2. The molecule has 0 spiro atoms. The fourth-order valence-electron chi connectivity index (χ4n) is 2.53. The van der Waals surface area contributed by atoms with E-state index in [9.17, 15) is 9.59 Å². The van der Waals surface area contributed by atoms with E-state index in [2.05, 4.69) is 25.4 Å². The van der Waals surface area contributed by atoms with Crippen molar-refractivity contribution in [1.82, 2.24) is 20.1 Å². The number of piperazine rings is 1. The fraction of sp³-hybridized carbons (Fsp3) is 0.400. The first-order chi connectivity index (χ1) is 12.1. The predicted octanol–water partition coefficient (Wildman–Crippen LogP) is 1.65. The van der Waals surface area contributed by atoms with Gasteiger partial charge in [-0.25, -0.2) is 4.98 Å². The Morgan fingerprint density at radius 3 is 2.64 bits per heavy atom. The quantitative estimate of drug-likeness (QED) is 0.848.